The van der Waals surface area contributed by atoms with Crippen LogP contribution in [0.1, 0.15) is 17.0 Å². The van der Waals surface area contributed by atoms with Crippen molar-refractivity contribution in [1.29, 1.82) is 0 Å². The van der Waals surface area contributed by atoms with Gasteiger partial charge in [0.15, 0.2) is 23.0 Å². The third-order valence-corrected chi connectivity index (χ3v) is 5.35. The summed E-state index contributed by atoms with van der Waals surface area (Å²) >= 11 is 0. The standard InChI is InChI=1S/C22H23NO7/c1-25-15-8-12-13(9-16(15)26-2)23-14-10-30-22(24)20(14)19(12)11-6-17(27-3)21(29-5)18(7-11)28-4/h6-9,19,23H,10H2,1-5H3. The minimum Gasteiger partial charge on any atom is -0.493 e. The fourth-order valence-electron chi connectivity index (χ4n) is 3.99. The van der Waals surface area contributed by atoms with Crippen LogP contribution >= 0.6 is 0 Å². The highest BCUT2D eigenvalue weighted by Crippen LogP contribution is 2.50. The Kier molecular flexibility index (Phi) is 5.07. The number of nitrogens with one attached hydrogen (secondary N) is 1. The van der Waals surface area contributed by atoms with Gasteiger partial charge in [-0.25, -0.2) is 4.79 Å². The zero-order valence-electron chi connectivity index (χ0n) is 17.5. The first kappa shape index (κ1) is 19.8. The van der Waals surface area contributed by atoms with Crippen molar-refractivity contribution in [2.24, 2.45) is 0 Å². The number of cyclic esters (lactones) is 1. The Balaban J connectivity index is 1.97. The Labute approximate surface area is 174 Å². The van der Waals surface area contributed by atoms with Crippen LogP contribution in [0.4, 0.5) is 5.69 Å². The van der Waals surface area contributed by atoms with Gasteiger partial charge in [0.1, 0.15) is 6.61 Å². The van der Waals surface area contributed by atoms with Gasteiger partial charge in [-0.2, -0.15) is 0 Å². The smallest absolute Gasteiger partial charge is 0.337 e. The number of benzene rings is 2. The topological polar surface area (TPSA) is 84.5 Å². The molecule has 0 bridgehead atoms. The molecule has 2 aromatic carbocycles. The monoisotopic (exact) mass is 413 g/mol. The van der Waals surface area contributed by atoms with Crippen LogP contribution in [0.25, 0.3) is 0 Å². The molecule has 0 radical (unpaired) electrons. The van der Waals surface area contributed by atoms with E-state index in [1.807, 2.05) is 24.3 Å². The van der Waals surface area contributed by atoms with Crippen molar-refractivity contribution in [3.63, 3.8) is 0 Å². The SMILES string of the molecule is COc1cc2c(cc1OC)C(c1cc(OC)c(OC)c(OC)c1)C1=C(COC1=O)N2. The number of hydrogen-bond donors (Lipinski definition) is 1. The molecule has 8 nitrogen and oxygen atoms in total. The predicted molar refractivity (Wildman–Crippen MR) is 109 cm³/mol. The van der Waals surface area contributed by atoms with E-state index in [0.717, 1.165) is 22.5 Å². The van der Waals surface area contributed by atoms with Crippen molar-refractivity contribution >= 4 is 11.7 Å². The summed E-state index contributed by atoms with van der Waals surface area (Å²) in [5, 5.41) is 3.31. The highest BCUT2D eigenvalue weighted by atomic mass is 16.5. The zero-order chi connectivity index (χ0) is 21.4. The van der Waals surface area contributed by atoms with Crippen LogP contribution in [-0.4, -0.2) is 48.1 Å². The van der Waals surface area contributed by atoms with Crippen LogP contribution in [-0.2, 0) is 9.53 Å². The van der Waals surface area contributed by atoms with Crippen molar-refractivity contribution in [1.82, 2.24) is 0 Å². The highest BCUT2D eigenvalue weighted by molar-refractivity contribution is 5.97. The fraction of sp³-hybridized carbons (Fsp3) is 0.318. The number of fused-ring (bicyclic) bond motifs is 1. The van der Waals surface area contributed by atoms with Crippen molar-refractivity contribution in [2.45, 2.75) is 5.92 Å². The van der Waals surface area contributed by atoms with Crippen molar-refractivity contribution in [3.05, 3.63) is 46.7 Å². The molecule has 1 atom stereocenters. The zero-order valence-corrected chi connectivity index (χ0v) is 17.5. The molecule has 2 heterocycles. The lowest BCUT2D eigenvalue weighted by molar-refractivity contribution is -0.136. The number of esters is 1. The van der Waals surface area contributed by atoms with Crippen molar-refractivity contribution in [3.8, 4) is 28.7 Å². The lowest BCUT2D eigenvalue weighted by Crippen LogP contribution is -2.20. The summed E-state index contributed by atoms with van der Waals surface area (Å²) in [4.78, 5) is 12.6. The Hall–Kier alpha value is -3.55. The Morgan fingerprint density at radius 2 is 1.43 bits per heavy atom. The molecule has 0 aliphatic carbocycles. The molecule has 1 unspecified atom stereocenters. The molecule has 4 rings (SSSR count). The molecule has 0 amide bonds. The normalized spacial score (nSPS) is 16.8. The summed E-state index contributed by atoms with van der Waals surface area (Å²) in [6.07, 6.45) is 0. The molecule has 2 aliphatic rings. The summed E-state index contributed by atoms with van der Waals surface area (Å²) in [7, 11) is 7.81. The van der Waals surface area contributed by atoms with E-state index in [0.29, 0.717) is 34.3 Å². The average molecular weight is 413 g/mol. The Morgan fingerprint density at radius 3 is 2.00 bits per heavy atom. The number of hydrogen-bond acceptors (Lipinski definition) is 8. The van der Waals surface area contributed by atoms with E-state index in [1.54, 1.807) is 35.5 Å². The first-order chi connectivity index (χ1) is 14.6. The maximum atomic E-state index is 12.6. The van der Waals surface area contributed by atoms with Crippen LogP contribution in [0.2, 0.25) is 0 Å². The van der Waals surface area contributed by atoms with Crippen LogP contribution in [0.3, 0.4) is 0 Å². The molecule has 0 saturated carbocycles. The second kappa shape index (κ2) is 7.70. The lowest BCUT2D eigenvalue weighted by Gasteiger charge is -2.29. The fourth-order valence-corrected chi connectivity index (χ4v) is 3.99. The van der Waals surface area contributed by atoms with Gasteiger partial charge in [0, 0.05) is 17.7 Å². The molecule has 0 spiro atoms. The van der Waals surface area contributed by atoms with Crippen LogP contribution in [0.15, 0.2) is 35.5 Å². The molecule has 158 valence electrons. The van der Waals surface area contributed by atoms with E-state index >= 15 is 0 Å². The van der Waals surface area contributed by atoms with Gasteiger partial charge in [-0.3, -0.25) is 0 Å². The second-order valence-corrected chi connectivity index (χ2v) is 6.78. The number of carbonyl (C=O) groups is 1. The maximum absolute atomic E-state index is 12.6. The highest BCUT2D eigenvalue weighted by Gasteiger charge is 2.39. The summed E-state index contributed by atoms with van der Waals surface area (Å²) in [5.41, 5.74) is 3.72. The van der Waals surface area contributed by atoms with Gasteiger partial charge in [-0.15, -0.1) is 0 Å². The first-order valence-electron chi connectivity index (χ1n) is 9.29. The summed E-state index contributed by atoms with van der Waals surface area (Å²) in [6.45, 7) is 0.183. The molecule has 30 heavy (non-hydrogen) atoms. The van der Waals surface area contributed by atoms with Gasteiger partial charge in [0.05, 0.1) is 46.8 Å². The third kappa shape index (κ3) is 2.96. The van der Waals surface area contributed by atoms with E-state index in [2.05, 4.69) is 5.32 Å². The van der Waals surface area contributed by atoms with Crippen LogP contribution in [0.5, 0.6) is 28.7 Å². The van der Waals surface area contributed by atoms with E-state index in [4.69, 9.17) is 28.4 Å². The molecule has 1 N–H and O–H groups in total. The van der Waals surface area contributed by atoms with Gasteiger partial charge in [-0.1, -0.05) is 0 Å². The molecule has 0 aromatic heterocycles. The van der Waals surface area contributed by atoms with Gasteiger partial charge in [0.25, 0.3) is 0 Å². The van der Waals surface area contributed by atoms with Crippen molar-refractivity contribution in [2.75, 3.05) is 47.5 Å². The number of anilines is 1. The first-order valence-corrected chi connectivity index (χ1v) is 9.29. The molecule has 2 aromatic rings. The van der Waals surface area contributed by atoms with Gasteiger partial charge >= 0.3 is 5.97 Å². The molecule has 2 aliphatic heterocycles. The summed E-state index contributed by atoms with van der Waals surface area (Å²) in [5.74, 6) is 1.85. The summed E-state index contributed by atoms with van der Waals surface area (Å²) in [6, 6.07) is 7.40. The number of carbonyl (C=O) groups excluding carboxylic acids is 1. The maximum Gasteiger partial charge on any atom is 0.337 e. The third-order valence-electron chi connectivity index (χ3n) is 5.35. The minimum atomic E-state index is -0.417. The number of ether oxygens (including phenoxy) is 6. The molecule has 0 saturated heterocycles. The number of rotatable bonds is 6. The van der Waals surface area contributed by atoms with E-state index in [1.165, 1.54) is 0 Å². The second-order valence-electron chi connectivity index (χ2n) is 6.78. The van der Waals surface area contributed by atoms with E-state index in [-0.39, 0.29) is 12.6 Å². The van der Waals surface area contributed by atoms with Crippen LogP contribution < -0.4 is 29.0 Å². The predicted octanol–water partition coefficient (Wildman–Crippen LogP) is 3.10. The minimum absolute atomic E-state index is 0.183. The summed E-state index contributed by atoms with van der Waals surface area (Å²) < 4.78 is 32.8. The molecule has 0 fully saturated rings. The molecular weight excluding hydrogens is 390 g/mol. The molecule has 8 heteroatoms. The van der Waals surface area contributed by atoms with E-state index < -0.39 is 5.92 Å². The quantitative estimate of drug-likeness (QED) is 0.724. The number of methoxy groups -OCH3 is 5. The lowest BCUT2D eigenvalue weighted by atomic mass is 9.80. The van der Waals surface area contributed by atoms with Gasteiger partial charge in [0.2, 0.25) is 5.75 Å². The average Bonchev–Trinajstić information content (AvgIpc) is 3.15. The van der Waals surface area contributed by atoms with Crippen molar-refractivity contribution < 1.29 is 33.2 Å². The Bertz CT molecular complexity index is 1020. The molecular formula is C22H23NO7. The largest absolute Gasteiger partial charge is 0.493 e. The van der Waals surface area contributed by atoms with Gasteiger partial charge < -0.3 is 33.7 Å². The van der Waals surface area contributed by atoms with Gasteiger partial charge in [-0.05, 0) is 29.3 Å². The Morgan fingerprint density at radius 1 is 0.833 bits per heavy atom. The van der Waals surface area contributed by atoms with Crippen LogP contribution in [0, 0.1) is 0 Å². The van der Waals surface area contributed by atoms with E-state index in [9.17, 15) is 4.79 Å².